The number of rotatable bonds is 5. The number of nitrogens with one attached hydrogen (secondary N) is 2. The lowest BCUT2D eigenvalue weighted by atomic mass is 9.97. The molecule has 6 nitrogen and oxygen atoms in total. The van der Waals surface area contributed by atoms with Crippen molar-refractivity contribution < 1.29 is 4.79 Å². The minimum Gasteiger partial charge on any atom is -0.361 e. The van der Waals surface area contributed by atoms with Crippen molar-refractivity contribution in [1.82, 2.24) is 25.1 Å². The highest BCUT2D eigenvalue weighted by Crippen LogP contribution is 2.25. The summed E-state index contributed by atoms with van der Waals surface area (Å²) in [5, 5.41) is 8.45. The van der Waals surface area contributed by atoms with Crippen LogP contribution >= 0.6 is 0 Å². The largest absolute Gasteiger partial charge is 0.361 e. The molecule has 1 aliphatic heterocycles. The summed E-state index contributed by atoms with van der Waals surface area (Å²) in [6, 6.07) is 8.32. The maximum Gasteiger partial charge on any atom is 0.222 e. The van der Waals surface area contributed by atoms with Crippen LogP contribution in [0.15, 0.2) is 30.5 Å². The minimum atomic E-state index is 0.252. The van der Waals surface area contributed by atoms with E-state index >= 15 is 0 Å². The van der Waals surface area contributed by atoms with Crippen LogP contribution in [-0.2, 0) is 11.2 Å². The molecule has 0 bridgehead atoms. The SMILES string of the molecule is Cc1nc([C@@H]2CCCN(C(=O)CCCc3c[nH]c4ccccc34)C2)n[nH]1. The average Bonchev–Trinajstić information content (AvgIpc) is 3.28. The minimum absolute atomic E-state index is 0.252. The zero-order chi connectivity index (χ0) is 17.9. The number of hydrogen-bond acceptors (Lipinski definition) is 3. The fourth-order valence-corrected chi connectivity index (χ4v) is 3.88. The smallest absolute Gasteiger partial charge is 0.222 e. The Bertz CT molecular complexity index is 896. The van der Waals surface area contributed by atoms with E-state index in [1.165, 1.54) is 10.9 Å². The van der Waals surface area contributed by atoms with Crippen molar-refractivity contribution in [1.29, 1.82) is 0 Å². The summed E-state index contributed by atoms with van der Waals surface area (Å²) in [6.07, 6.45) is 6.54. The third-order valence-corrected chi connectivity index (χ3v) is 5.27. The first-order valence-electron chi connectivity index (χ1n) is 9.42. The third kappa shape index (κ3) is 3.49. The van der Waals surface area contributed by atoms with Crippen molar-refractivity contribution in [3.05, 3.63) is 47.7 Å². The average molecular weight is 351 g/mol. The molecule has 0 radical (unpaired) electrons. The van der Waals surface area contributed by atoms with Crippen LogP contribution in [0.4, 0.5) is 0 Å². The van der Waals surface area contributed by atoms with E-state index < -0.39 is 0 Å². The molecule has 1 aromatic carbocycles. The van der Waals surface area contributed by atoms with Gasteiger partial charge in [0.2, 0.25) is 5.91 Å². The van der Waals surface area contributed by atoms with E-state index in [4.69, 9.17) is 0 Å². The molecule has 2 N–H and O–H groups in total. The number of carbonyl (C=O) groups is 1. The van der Waals surface area contributed by atoms with E-state index in [1.807, 2.05) is 17.9 Å². The van der Waals surface area contributed by atoms with Gasteiger partial charge in [0.1, 0.15) is 5.82 Å². The predicted octanol–water partition coefficient (Wildman–Crippen LogP) is 3.32. The molecule has 1 amide bonds. The second-order valence-corrected chi connectivity index (χ2v) is 7.17. The van der Waals surface area contributed by atoms with E-state index in [0.717, 1.165) is 55.9 Å². The van der Waals surface area contributed by atoms with Gasteiger partial charge in [0.05, 0.1) is 0 Å². The Labute approximate surface area is 153 Å². The zero-order valence-electron chi connectivity index (χ0n) is 15.2. The number of amides is 1. The summed E-state index contributed by atoms with van der Waals surface area (Å²) < 4.78 is 0. The highest BCUT2D eigenvalue weighted by molar-refractivity contribution is 5.83. The van der Waals surface area contributed by atoms with Crippen molar-refractivity contribution in [2.45, 2.75) is 44.9 Å². The van der Waals surface area contributed by atoms with E-state index in [1.54, 1.807) is 0 Å². The number of fused-ring (bicyclic) bond motifs is 1. The summed E-state index contributed by atoms with van der Waals surface area (Å²) in [5.41, 5.74) is 2.45. The molecular weight excluding hydrogens is 326 g/mol. The van der Waals surface area contributed by atoms with Crippen LogP contribution in [0.1, 0.15) is 48.8 Å². The fraction of sp³-hybridized carbons (Fsp3) is 0.450. The molecule has 1 fully saturated rings. The van der Waals surface area contributed by atoms with E-state index in [2.05, 4.69) is 44.6 Å². The first-order chi connectivity index (χ1) is 12.7. The van der Waals surface area contributed by atoms with Crippen molar-refractivity contribution in [3.63, 3.8) is 0 Å². The highest BCUT2D eigenvalue weighted by atomic mass is 16.2. The molecule has 26 heavy (non-hydrogen) atoms. The standard InChI is InChI=1S/C20H25N5O/c1-14-22-20(24-23-14)16-7-5-11-25(13-16)19(26)10-4-6-15-12-21-18-9-3-2-8-17(15)18/h2-3,8-9,12,16,21H,4-7,10-11,13H2,1H3,(H,22,23,24)/t16-/m1/s1. The molecule has 4 rings (SSSR count). The van der Waals surface area contributed by atoms with Gasteiger partial charge in [-0.15, -0.1) is 0 Å². The molecule has 136 valence electrons. The molecule has 3 aromatic rings. The van der Waals surface area contributed by atoms with Gasteiger partial charge < -0.3 is 9.88 Å². The van der Waals surface area contributed by atoms with Crippen LogP contribution < -0.4 is 0 Å². The van der Waals surface area contributed by atoms with E-state index in [0.29, 0.717) is 6.42 Å². The Morgan fingerprint density at radius 3 is 3.08 bits per heavy atom. The van der Waals surface area contributed by atoms with Crippen molar-refractivity contribution in [3.8, 4) is 0 Å². The van der Waals surface area contributed by atoms with Crippen molar-refractivity contribution >= 4 is 16.8 Å². The number of benzene rings is 1. The molecule has 3 heterocycles. The van der Waals surface area contributed by atoms with Gasteiger partial charge in [-0.3, -0.25) is 9.89 Å². The van der Waals surface area contributed by atoms with Gasteiger partial charge in [-0.2, -0.15) is 5.10 Å². The van der Waals surface area contributed by atoms with Crippen LogP contribution in [0, 0.1) is 6.92 Å². The molecule has 0 unspecified atom stereocenters. The lowest BCUT2D eigenvalue weighted by molar-refractivity contribution is -0.132. The number of piperidine rings is 1. The summed E-state index contributed by atoms with van der Waals surface area (Å²) in [4.78, 5) is 22.4. The quantitative estimate of drug-likeness (QED) is 0.740. The normalized spacial score (nSPS) is 17.7. The third-order valence-electron chi connectivity index (χ3n) is 5.27. The predicted molar refractivity (Wildman–Crippen MR) is 101 cm³/mol. The second-order valence-electron chi connectivity index (χ2n) is 7.17. The Morgan fingerprint density at radius 2 is 2.23 bits per heavy atom. The number of aromatic amines is 2. The Balaban J connectivity index is 1.31. The fourth-order valence-electron chi connectivity index (χ4n) is 3.88. The number of hydrogen-bond donors (Lipinski definition) is 2. The molecule has 0 aliphatic carbocycles. The van der Waals surface area contributed by atoms with E-state index in [-0.39, 0.29) is 11.8 Å². The topological polar surface area (TPSA) is 77.7 Å². The Hall–Kier alpha value is -2.63. The lowest BCUT2D eigenvalue weighted by Gasteiger charge is -2.31. The number of nitrogens with zero attached hydrogens (tertiary/aromatic N) is 3. The van der Waals surface area contributed by atoms with Gasteiger partial charge in [-0.25, -0.2) is 4.98 Å². The Kier molecular flexibility index (Phi) is 4.73. The van der Waals surface area contributed by atoms with Crippen LogP contribution in [0.25, 0.3) is 10.9 Å². The van der Waals surface area contributed by atoms with Crippen molar-refractivity contribution in [2.75, 3.05) is 13.1 Å². The first-order valence-corrected chi connectivity index (χ1v) is 9.42. The van der Waals surface area contributed by atoms with Crippen LogP contribution in [0.3, 0.4) is 0 Å². The molecule has 1 atom stereocenters. The number of para-hydroxylation sites is 1. The molecule has 1 aliphatic rings. The van der Waals surface area contributed by atoms with Crippen LogP contribution in [0.5, 0.6) is 0 Å². The molecule has 0 spiro atoms. The Morgan fingerprint density at radius 1 is 1.35 bits per heavy atom. The maximum atomic E-state index is 12.6. The molecule has 2 aromatic heterocycles. The van der Waals surface area contributed by atoms with Crippen LogP contribution in [0.2, 0.25) is 0 Å². The van der Waals surface area contributed by atoms with Gasteiger partial charge in [0.15, 0.2) is 5.82 Å². The number of H-pyrrole nitrogens is 2. The summed E-state index contributed by atoms with van der Waals surface area (Å²) in [6.45, 7) is 3.50. The summed E-state index contributed by atoms with van der Waals surface area (Å²) in [5.74, 6) is 2.19. The lowest BCUT2D eigenvalue weighted by Crippen LogP contribution is -2.39. The van der Waals surface area contributed by atoms with Gasteiger partial charge in [-0.1, -0.05) is 18.2 Å². The van der Waals surface area contributed by atoms with E-state index in [9.17, 15) is 4.79 Å². The first kappa shape index (κ1) is 16.8. The number of aryl methyl sites for hydroxylation is 2. The van der Waals surface area contributed by atoms with Gasteiger partial charge in [-0.05, 0) is 44.2 Å². The molecule has 1 saturated heterocycles. The number of likely N-dealkylation sites (tertiary alicyclic amines) is 1. The molecular formula is C20H25N5O. The van der Waals surface area contributed by atoms with Crippen LogP contribution in [-0.4, -0.2) is 44.1 Å². The summed E-state index contributed by atoms with van der Waals surface area (Å²) in [7, 11) is 0. The highest BCUT2D eigenvalue weighted by Gasteiger charge is 2.26. The summed E-state index contributed by atoms with van der Waals surface area (Å²) >= 11 is 0. The zero-order valence-corrected chi connectivity index (χ0v) is 15.2. The monoisotopic (exact) mass is 351 g/mol. The van der Waals surface area contributed by atoms with Gasteiger partial charge >= 0.3 is 0 Å². The second kappa shape index (κ2) is 7.32. The number of carbonyl (C=O) groups excluding carboxylic acids is 1. The van der Waals surface area contributed by atoms with Crippen molar-refractivity contribution in [2.24, 2.45) is 0 Å². The number of aromatic nitrogens is 4. The molecule has 6 heteroatoms. The van der Waals surface area contributed by atoms with Gasteiger partial charge in [0, 0.05) is 42.5 Å². The van der Waals surface area contributed by atoms with Gasteiger partial charge in [0.25, 0.3) is 0 Å². The molecule has 0 saturated carbocycles. The maximum absolute atomic E-state index is 12.6.